The molecule has 3 aromatic heterocycles. The number of aryl methyl sites for hydroxylation is 1. The number of benzene rings is 1. The molecule has 0 amide bonds. The Morgan fingerprint density at radius 2 is 2.12 bits per heavy atom. The number of hydrogen-bond acceptors (Lipinski definition) is 7. The van der Waals surface area contributed by atoms with Gasteiger partial charge in [-0.05, 0) is 45.8 Å². The highest BCUT2D eigenvalue weighted by atomic mass is 32.2. The van der Waals surface area contributed by atoms with Gasteiger partial charge < -0.3 is 0 Å². The summed E-state index contributed by atoms with van der Waals surface area (Å²) in [5, 5.41) is 15.7. The zero-order valence-electron chi connectivity index (χ0n) is 13.4. The van der Waals surface area contributed by atoms with Gasteiger partial charge in [-0.1, -0.05) is 36.0 Å². The van der Waals surface area contributed by atoms with Crippen molar-refractivity contribution in [2.24, 2.45) is 0 Å². The van der Waals surface area contributed by atoms with Gasteiger partial charge in [-0.15, -0.1) is 27.8 Å². The fraction of sp³-hybridized carbons (Fsp3) is 0.176. The van der Waals surface area contributed by atoms with Crippen molar-refractivity contribution in [3.8, 4) is 0 Å². The summed E-state index contributed by atoms with van der Waals surface area (Å²) in [7, 11) is 0. The maximum Gasteiger partial charge on any atom is 0.210 e. The second-order valence-corrected chi connectivity index (χ2v) is 8.49. The van der Waals surface area contributed by atoms with E-state index in [1.807, 2.05) is 36.6 Å². The average Bonchev–Trinajstić information content (AvgIpc) is 3.35. The van der Waals surface area contributed by atoms with E-state index < -0.39 is 0 Å². The van der Waals surface area contributed by atoms with Crippen LogP contribution in [-0.2, 0) is 6.54 Å². The molecule has 0 fully saturated rings. The summed E-state index contributed by atoms with van der Waals surface area (Å²) in [5.74, 6) is 0.452. The number of thioether (sulfide) groups is 1. The molecule has 0 aliphatic carbocycles. The monoisotopic (exact) mass is 386 g/mol. The molecule has 0 N–H and O–H groups in total. The molecule has 0 atom stereocenters. The van der Waals surface area contributed by atoms with Crippen LogP contribution in [0.2, 0.25) is 0 Å². The normalized spacial score (nSPS) is 11.2. The van der Waals surface area contributed by atoms with Crippen LogP contribution in [0.1, 0.15) is 20.1 Å². The molecule has 0 unspecified atom stereocenters. The smallest absolute Gasteiger partial charge is 0.210 e. The Balaban J connectivity index is 1.49. The van der Waals surface area contributed by atoms with Gasteiger partial charge in [0.15, 0.2) is 5.78 Å². The predicted octanol–water partition coefficient (Wildman–Crippen LogP) is 4.28. The van der Waals surface area contributed by atoms with E-state index in [-0.39, 0.29) is 5.78 Å². The highest BCUT2D eigenvalue weighted by Gasteiger charge is 2.17. The first-order valence-corrected chi connectivity index (χ1v) is 10.3. The molecular weight excluding hydrogens is 372 g/mol. The molecule has 3 heterocycles. The third-order valence-electron chi connectivity index (χ3n) is 3.81. The molecule has 25 heavy (non-hydrogen) atoms. The Bertz CT molecular complexity index is 1020. The Labute approximate surface area is 156 Å². The summed E-state index contributed by atoms with van der Waals surface area (Å²) in [4.78, 5) is 14.7. The maximum atomic E-state index is 12.7. The molecular formula is C17H14N4OS3. The molecule has 5 nitrogen and oxygen atoms in total. The topological polar surface area (TPSA) is 60.7 Å². The van der Waals surface area contributed by atoms with Gasteiger partial charge in [-0.25, -0.2) is 4.68 Å². The lowest BCUT2D eigenvalue weighted by Gasteiger charge is -2.02. The van der Waals surface area contributed by atoms with E-state index in [2.05, 4.69) is 27.7 Å². The number of thiophene rings is 2. The molecule has 126 valence electrons. The van der Waals surface area contributed by atoms with Crippen molar-refractivity contribution in [1.29, 1.82) is 0 Å². The van der Waals surface area contributed by atoms with Crippen molar-refractivity contribution in [2.75, 3.05) is 5.75 Å². The summed E-state index contributed by atoms with van der Waals surface area (Å²) >= 11 is 4.61. The van der Waals surface area contributed by atoms with Crippen LogP contribution in [0.15, 0.2) is 46.9 Å². The van der Waals surface area contributed by atoms with Crippen molar-refractivity contribution in [3.63, 3.8) is 0 Å². The molecule has 0 saturated carbocycles. The average molecular weight is 387 g/mol. The van der Waals surface area contributed by atoms with E-state index in [0.717, 1.165) is 20.5 Å². The van der Waals surface area contributed by atoms with Crippen molar-refractivity contribution in [1.82, 2.24) is 20.2 Å². The number of hydrogen-bond donors (Lipinski definition) is 0. The summed E-state index contributed by atoms with van der Waals surface area (Å²) < 4.78 is 2.89. The number of nitrogens with zero attached hydrogens (tertiary/aromatic N) is 4. The Morgan fingerprint density at radius 3 is 2.92 bits per heavy atom. The molecule has 4 rings (SSSR count). The number of fused-ring (bicyclic) bond motifs is 1. The minimum atomic E-state index is 0.120. The lowest BCUT2D eigenvalue weighted by molar-refractivity contribution is 0.102. The number of rotatable bonds is 6. The van der Waals surface area contributed by atoms with Gasteiger partial charge in [-0.2, -0.15) is 0 Å². The fourth-order valence-electron chi connectivity index (χ4n) is 2.59. The molecule has 0 radical (unpaired) electrons. The minimum absolute atomic E-state index is 0.120. The third kappa shape index (κ3) is 3.37. The first kappa shape index (κ1) is 16.4. The maximum absolute atomic E-state index is 12.7. The Morgan fingerprint density at radius 1 is 1.24 bits per heavy atom. The molecule has 0 aliphatic heterocycles. The highest BCUT2D eigenvalue weighted by Crippen LogP contribution is 2.32. The standard InChI is InChI=1S/C17H14N4OS3/c1-11-13-6-2-3-7-15(13)25-16(11)14(22)10-24-17-18-19-20-21(17)9-12-5-4-8-23-12/h2-8H,9-10H2,1H3. The second-order valence-electron chi connectivity index (χ2n) is 5.46. The molecule has 8 heteroatoms. The summed E-state index contributed by atoms with van der Waals surface area (Å²) in [6.07, 6.45) is 0. The quantitative estimate of drug-likeness (QED) is 0.366. The second kappa shape index (κ2) is 7.07. The van der Waals surface area contributed by atoms with Gasteiger partial charge in [-0.3, -0.25) is 4.79 Å². The van der Waals surface area contributed by atoms with E-state index in [0.29, 0.717) is 17.5 Å². The lowest BCUT2D eigenvalue weighted by atomic mass is 10.1. The van der Waals surface area contributed by atoms with Crippen molar-refractivity contribution in [2.45, 2.75) is 18.6 Å². The number of tetrazole rings is 1. The summed E-state index contributed by atoms with van der Waals surface area (Å²) in [6, 6.07) is 12.2. The van der Waals surface area contributed by atoms with Gasteiger partial charge in [0, 0.05) is 9.58 Å². The number of Topliss-reactive ketones (excluding diaryl/α,β-unsaturated/α-hetero) is 1. The minimum Gasteiger partial charge on any atom is -0.292 e. The SMILES string of the molecule is Cc1c(C(=O)CSc2nnnn2Cc2cccs2)sc2ccccc12. The fourth-order valence-corrected chi connectivity index (χ4v) is 5.26. The lowest BCUT2D eigenvalue weighted by Crippen LogP contribution is -2.06. The van der Waals surface area contributed by atoms with E-state index in [9.17, 15) is 4.79 Å². The third-order valence-corrected chi connectivity index (χ3v) is 6.95. The molecule has 4 aromatic rings. The van der Waals surface area contributed by atoms with Crippen LogP contribution in [0.3, 0.4) is 0 Å². The van der Waals surface area contributed by atoms with Crippen LogP contribution >= 0.6 is 34.4 Å². The predicted molar refractivity (Wildman–Crippen MR) is 103 cm³/mol. The Kier molecular flexibility index (Phi) is 4.65. The number of carbonyl (C=O) groups excluding carboxylic acids is 1. The van der Waals surface area contributed by atoms with Gasteiger partial charge in [0.25, 0.3) is 0 Å². The zero-order valence-corrected chi connectivity index (χ0v) is 15.8. The number of aromatic nitrogens is 4. The van der Waals surface area contributed by atoms with Crippen LogP contribution in [0.4, 0.5) is 0 Å². The molecule has 0 saturated heterocycles. The van der Waals surface area contributed by atoms with E-state index in [1.165, 1.54) is 16.6 Å². The number of ketones is 1. The van der Waals surface area contributed by atoms with Crippen LogP contribution < -0.4 is 0 Å². The summed E-state index contributed by atoms with van der Waals surface area (Å²) in [6.45, 7) is 2.64. The van der Waals surface area contributed by atoms with Gasteiger partial charge in [0.05, 0.1) is 17.2 Å². The van der Waals surface area contributed by atoms with E-state index in [4.69, 9.17) is 0 Å². The van der Waals surface area contributed by atoms with Crippen LogP contribution in [-0.4, -0.2) is 31.7 Å². The van der Waals surface area contributed by atoms with Gasteiger partial charge in [0.2, 0.25) is 5.16 Å². The van der Waals surface area contributed by atoms with Crippen LogP contribution in [0.25, 0.3) is 10.1 Å². The summed E-state index contributed by atoms with van der Waals surface area (Å²) in [5.41, 5.74) is 1.06. The molecule has 0 spiro atoms. The van der Waals surface area contributed by atoms with Crippen LogP contribution in [0.5, 0.6) is 0 Å². The van der Waals surface area contributed by atoms with Crippen molar-refractivity contribution >= 4 is 50.3 Å². The largest absolute Gasteiger partial charge is 0.292 e. The van der Waals surface area contributed by atoms with E-state index >= 15 is 0 Å². The van der Waals surface area contributed by atoms with E-state index in [1.54, 1.807) is 27.4 Å². The zero-order chi connectivity index (χ0) is 17.2. The molecule has 0 aliphatic rings. The van der Waals surface area contributed by atoms with Gasteiger partial charge in [0.1, 0.15) is 0 Å². The first-order valence-electron chi connectivity index (χ1n) is 7.65. The first-order chi connectivity index (χ1) is 12.2. The van der Waals surface area contributed by atoms with Crippen molar-refractivity contribution < 1.29 is 4.79 Å². The molecule has 1 aromatic carbocycles. The molecule has 0 bridgehead atoms. The van der Waals surface area contributed by atoms with Crippen LogP contribution in [0, 0.1) is 6.92 Å². The highest BCUT2D eigenvalue weighted by molar-refractivity contribution is 7.99. The number of carbonyl (C=O) groups is 1. The van der Waals surface area contributed by atoms with Crippen molar-refractivity contribution in [3.05, 3.63) is 57.1 Å². The van der Waals surface area contributed by atoms with Gasteiger partial charge >= 0.3 is 0 Å². The Hall–Kier alpha value is -2.03.